The maximum Gasteiger partial charge on any atom is 0.106 e. The molecule has 1 aliphatic carbocycles. The largest absolute Gasteiger partial charge is 0.390 e. The third-order valence-electron chi connectivity index (χ3n) is 4.71. The van der Waals surface area contributed by atoms with Gasteiger partial charge in [0.1, 0.15) is 6.10 Å². The summed E-state index contributed by atoms with van der Waals surface area (Å²) < 4.78 is 0. The molecule has 0 aliphatic heterocycles. The first-order valence-electron chi connectivity index (χ1n) is 6.98. The Morgan fingerprint density at radius 2 is 1.85 bits per heavy atom. The van der Waals surface area contributed by atoms with Crippen LogP contribution < -0.4 is 0 Å². The van der Waals surface area contributed by atoms with Gasteiger partial charge in [-0.2, -0.15) is 0 Å². The molecule has 0 radical (unpaired) electrons. The second kappa shape index (κ2) is 3.84. The third kappa shape index (κ3) is 1.31. The molecule has 0 unspecified atom stereocenters. The van der Waals surface area contributed by atoms with Crippen molar-refractivity contribution in [3.63, 3.8) is 0 Å². The lowest BCUT2D eigenvalue weighted by Crippen LogP contribution is -2.12. The number of benzene rings is 2. The van der Waals surface area contributed by atoms with E-state index in [0.29, 0.717) is 6.42 Å². The maximum absolute atomic E-state index is 10.3. The van der Waals surface area contributed by atoms with Crippen molar-refractivity contribution in [2.75, 3.05) is 0 Å². The minimum absolute atomic E-state index is 0.536. The molecule has 0 bridgehead atoms. The van der Waals surface area contributed by atoms with Crippen molar-refractivity contribution in [1.82, 2.24) is 4.98 Å². The predicted octanol–water partition coefficient (Wildman–Crippen LogP) is 2.89. The number of aliphatic hydroxyl groups excluding tert-OH is 2. The molecular weight excluding hydrogens is 250 g/mol. The zero-order valence-corrected chi connectivity index (χ0v) is 11.6. The fourth-order valence-corrected chi connectivity index (χ4v) is 3.70. The van der Waals surface area contributed by atoms with Crippen LogP contribution in [0.5, 0.6) is 0 Å². The smallest absolute Gasteiger partial charge is 0.106 e. The molecule has 1 heterocycles. The monoisotopic (exact) mass is 267 g/mol. The summed E-state index contributed by atoms with van der Waals surface area (Å²) in [5, 5.41) is 22.6. The molecule has 0 spiro atoms. The Hall–Kier alpha value is -1.84. The summed E-state index contributed by atoms with van der Waals surface area (Å²) >= 11 is 0. The molecule has 0 amide bonds. The van der Waals surface area contributed by atoms with E-state index in [9.17, 15) is 10.2 Å². The average Bonchev–Trinajstić information content (AvgIpc) is 2.96. The molecule has 0 saturated carbocycles. The first-order chi connectivity index (χ1) is 9.59. The van der Waals surface area contributed by atoms with Crippen molar-refractivity contribution in [2.45, 2.75) is 32.5 Å². The van der Waals surface area contributed by atoms with Crippen molar-refractivity contribution in [3.8, 4) is 0 Å². The van der Waals surface area contributed by atoms with Crippen LogP contribution in [0.3, 0.4) is 0 Å². The topological polar surface area (TPSA) is 56.2 Å². The molecule has 3 nitrogen and oxygen atoms in total. The lowest BCUT2D eigenvalue weighted by molar-refractivity contribution is 0.0324. The molecule has 0 fully saturated rings. The van der Waals surface area contributed by atoms with Crippen molar-refractivity contribution >= 4 is 21.8 Å². The molecule has 3 heteroatoms. The molecule has 1 aromatic heterocycles. The molecule has 0 saturated heterocycles. The molecule has 102 valence electrons. The van der Waals surface area contributed by atoms with Gasteiger partial charge in [0.05, 0.1) is 6.10 Å². The summed E-state index contributed by atoms with van der Waals surface area (Å²) in [5.41, 5.74) is 6.50. The van der Waals surface area contributed by atoms with E-state index in [1.165, 1.54) is 10.8 Å². The van der Waals surface area contributed by atoms with Gasteiger partial charge in [-0.15, -0.1) is 0 Å². The minimum atomic E-state index is -0.762. The summed E-state index contributed by atoms with van der Waals surface area (Å²) in [6.07, 6.45) is -0.906. The summed E-state index contributed by atoms with van der Waals surface area (Å²) in [6, 6.07) is 8.23. The van der Waals surface area contributed by atoms with Gasteiger partial charge in [0.25, 0.3) is 0 Å². The fraction of sp³-hybridized carbons (Fsp3) is 0.294. The average molecular weight is 267 g/mol. The van der Waals surface area contributed by atoms with E-state index in [2.05, 4.69) is 24.0 Å². The van der Waals surface area contributed by atoms with Gasteiger partial charge >= 0.3 is 0 Å². The van der Waals surface area contributed by atoms with Crippen molar-refractivity contribution < 1.29 is 10.2 Å². The van der Waals surface area contributed by atoms with Crippen molar-refractivity contribution in [3.05, 3.63) is 46.5 Å². The Labute approximate surface area is 116 Å². The number of para-hydroxylation sites is 1. The first kappa shape index (κ1) is 11.9. The van der Waals surface area contributed by atoms with Gasteiger partial charge in [0.15, 0.2) is 0 Å². The Balaban J connectivity index is 2.22. The first-order valence-corrected chi connectivity index (χ1v) is 6.98. The van der Waals surface area contributed by atoms with Gasteiger partial charge in [-0.3, -0.25) is 0 Å². The number of hydrogen-bond donors (Lipinski definition) is 3. The number of aliphatic hydroxyl groups is 2. The van der Waals surface area contributed by atoms with Gasteiger partial charge in [0, 0.05) is 28.2 Å². The number of rotatable bonds is 0. The van der Waals surface area contributed by atoms with Crippen molar-refractivity contribution in [1.29, 1.82) is 0 Å². The highest BCUT2D eigenvalue weighted by atomic mass is 16.3. The van der Waals surface area contributed by atoms with Crippen LogP contribution in [-0.4, -0.2) is 21.3 Å². The number of aryl methyl sites for hydroxylation is 2. The van der Waals surface area contributed by atoms with E-state index in [1.807, 2.05) is 19.1 Å². The van der Waals surface area contributed by atoms with Gasteiger partial charge in [0.2, 0.25) is 0 Å². The Morgan fingerprint density at radius 3 is 2.65 bits per heavy atom. The van der Waals surface area contributed by atoms with Crippen LogP contribution >= 0.6 is 0 Å². The highest BCUT2D eigenvalue weighted by molar-refractivity contribution is 6.10. The minimum Gasteiger partial charge on any atom is -0.390 e. The molecule has 1 aliphatic rings. The highest BCUT2D eigenvalue weighted by Gasteiger charge is 2.33. The zero-order valence-electron chi connectivity index (χ0n) is 11.6. The van der Waals surface area contributed by atoms with Gasteiger partial charge < -0.3 is 15.2 Å². The van der Waals surface area contributed by atoms with E-state index in [0.717, 1.165) is 33.3 Å². The van der Waals surface area contributed by atoms with Gasteiger partial charge in [-0.1, -0.05) is 18.2 Å². The summed E-state index contributed by atoms with van der Waals surface area (Å²) in [4.78, 5) is 3.48. The molecule has 2 atom stereocenters. The zero-order chi connectivity index (χ0) is 14.0. The normalized spacial score (nSPS) is 21.8. The quantitative estimate of drug-likeness (QED) is 0.586. The third-order valence-corrected chi connectivity index (χ3v) is 4.71. The van der Waals surface area contributed by atoms with Crippen molar-refractivity contribution in [2.24, 2.45) is 0 Å². The lowest BCUT2D eigenvalue weighted by atomic mass is 9.93. The number of H-pyrrole nitrogens is 1. The summed E-state index contributed by atoms with van der Waals surface area (Å²) in [7, 11) is 0. The molecule has 3 aromatic rings. The van der Waals surface area contributed by atoms with Crippen LogP contribution in [-0.2, 0) is 6.42 Å². The molecule has 4 rings (SSSR count). The number of hydrogen-bond acceptors (Lipinski definition) is 2. The Morgan fingerprint density at radius 1 is 1.10 bits per heavy atom. The summed E-state index contributed by atoms with van der Waals surface area (Å²) in [6.45, 7) is 4.11. The number of aromatic nitrogens is 1. The second-order valence-corrected chi connectivity index (χ2v) is 5.78. The van der Waals surface area contributed by atoms with Crippen LogP contribution in [0.4, 0.5) is 0 Å². The van der Waals surface area contributed by atoms with E-state index >= 15 is 0 Å². The standard InChI is InChI=1S/C17H17NO2/c1-8-11-7-13(19)17(20)15(11)9(2)14-10-5-3-4-6-12(10)18-16(8)14/h3-6,13,17-20H,7H2,1-2H3/t13-,17+/m1/s1. The molecular formula is C17H17NO2. The predicted molar refractivity (Wildman–Crippen MR) is 79.9 cm³/mol. The Bertz CT molecular complexity index is 847. The summed E-state index contributed by atoms with van der Waals surface area (Å²) in [5.74, 6) is 0. The molecule has 2 aromatic carbocycles. The SMILES string of the molecule is Cc1c2c(c(C)c3c1[nH]c1ccccc13)[C@@H](O)[C@H](O)C2. The van der Waals surface area contributed by atoms with E-state index in [-0.39, 0.29) is 0 Å². The van der Waals surface area contributed by atoms with E-state index < -0.39 is 12.2 Å². The van der Waals surface area contributed by atoms with Crippen LogP contribution in [0.2, 0.25) is 0 Å². The van der Waals surface area contributed by atoms with E-state index in [4.69, 9.17) is 0 Å². The Kier molecular flexibility index (Phi) is 2.29. The van der Waals surface area contributed by atoms with Gasteiger partial charge in [-0.05, 0) is 42.2 Å². The fourth-order valence-electron chi connectivity index (χ4n) is 3.70. The maximum atomic E-state index is 10.3. The van der Waals surface area contributed by atoms with Gasteiger partial charge in [-0.25, -0.2) is 0 Å². The second-order valence-electron chi connectivity index (χ2n) is 5.78. The van der Waals surface area contributed by atoms with Crippen LogP contribution in [0.15, 0.2) is 24.3 Å². The molecule has 3 N–H and O–H groups in total. The number of fused-ring (bicyclic) bond motifs is 4. The van der Waals surface area contributed by atoms with Crippen LogP contribution in [0.1, 0.15) is 28.4 Å². The highest BCUT2D eigenvalue weighted by Crippen LogP contribution is 2.42. The number of nitrogens with one attached hydrogen (secondary N) is 1. The van der Waals surface area contributed by atoms with Crippen LogP contribution in [0, 0.1) is 13.8 Å². The van der Waals surface area contributed by atoms with E-state index in [1.54, 1.807) is 0 Å². The lowest BCUT2D eigenvalue weighted by Gasteiger charge is -2.13. The molecule has 20 heavy (non-hydrogen) atoms. The van der Waals surface area contributed by atoms with Crippen LogP contribution in [0.25, 0.3) is 21.8 Å². The number of aromatic amines is 1.